The first kappa shape index (κ1) is 16.4. The van der Waals surface area contributed by atoms with Crippen LogP contribution in [-0.2, 0) is 4.79 Å². The van der Waals surface area contributed by atoms with Gasteiger partial charge in [-0.2, -0.15) is 4.98 Å². The zero-order valence-electron chi connectivity index (χ0n) is 12.1. The Labute approximate surface area is 141 Å². The van der Waals surface area contributed by atoms with E-state index in [2.05, 4.69) is 20.3 Å². The number of aliphatic hydroxyl groups is 2. The third-order valence-corrected chi connectivity index (χ3v) is 4.46. The van der Waals surface area contributed by atoms with Gasteiger partial charge in [0.05, 0.1) is 18.4 Å². The van der Waals surface area contributed by atoms with E-state index in [0.717, 1.165) is 0 Å². The van der Waals surface area contributed by atoms with Gasteiger partial charge in [-0.15, -0.1) is 0 Å². The first-order chi connectivity index (χ1) is 10.9. The average Bonchev–Trinajstić information content (AvgIpc) is 3.03. The molecule has 2 heterocycles. The van der Waals surface area contributed by atoms with Crippen LogP contribution in [0.1, 0.15) is 25.8 Å². The molecule has 0 aromatic carbocycles. The highest BCUT2D eigenvalue weighted by Crippen LogP contribution is 2.34. The largest absolute Gasteiger partial charge is 0.388 e. The van der Waals surface area contributed by atoms with Crippen LogP contribution in [0.25, 0.3) is 11.2 Å². The Morgan fingerprint density at radius 2 is 2.13 bits per heavy atom. The lowest BCUT2D eigenvalue weighted by Gasteiger charge is -2.18. The van der Waals surface area contributed by atoms with Gasteiger partial charge in [0.2, 0.25) is 11.2 Å². The summed E-state index contributed by atoms with van der Waals surface area (Å²) in [5.41, 5.74) is 0.729. The predicted octanol–water partition coefficient (Wildman–Crippen LogP) is 0.694. The number of rotatable bonds is 3. The van der Waals surface area contributed by atoms with Crippen molar-refractivity contribution in [3.63, 3.8) is 0 Å². The zero-order chi connectivity index (χ0) is 16.7. The van der Waals surface area contributed by atoms with Crippen molar-refractivity contribution in [2.45, 2.75) is 44.1 Å². The molecule has 0 aliphatic heterocycles. The number of hydrogen-bond donors (Lipinski definition) is 3. The summed E-state index contributed by atoms with van der Waals surface area (Å²) in [6.07, 6.45) is -0.0655. The van der Waals surface area contributed by atoms with Crippen LogP contribution in [0, 0.1) is 0 Å². The topological polar surface area (TPSA) is 113 Å². The molecule has 1 aliphatic rings. The molecule has 0 spiro atoms. The van der Waals surface area contributed by atoms with E-state index in [9.17, 15) is 15.0 Å². The van der Waals surface area contributed by atoms with Crippen LogP contribution in [0.3, 0.4) is 0 Å². The van der Waals surface area contributed by atoms with Crippen LogP contribution in [-0.4, -0.2) is 53.9 Å². The second-order valence-electron chi connectivity index (χ2n) is 5.42. The molecular formula is C13H15Cl2N5O3. The molecule has 4 atom stereocenters. The van der Waals surface area contributed by atoms with Gasteiger partial charge in [-0.25, -0.2) is 9.97 Å². The molecule has 0 saturated heterocycles. The van der Waals surface area contributed by atoms with E-state index in [-0.39, 0.29) is 16.3 Å². The molecule has 1 fully saturated rings. The van der Waals surface area contributed by atoms with Gasteiger partial charge in [-0.05, 0) is 18.0 Å². The average molecular weight is 360 g/mol. The summed E-state index contributed by atoms with van der Waals surface area (Å²) in [6, 6.07) is -1.06. The maximum absolute atomic E-state index is 11.5. The van der Waals surface area contributed by atoms with E-state index < -0.39 is 24.3 Å². The molecule has 3 rings (SSSR count). The van der Waals surface area contributed by atoms with Crippen LogP contribution >= 0.6 is 23.2 Å². The van der Waals surface area contributed by atoms with Crippen molar-refractivity contribution in [2.24, 2.45) is 0 Å². The Morgan fingerprint density at radius 1 is 1.39 bits per heavy atom. The summed E-state index contributed by atoms with van der Waals surface area (Å²) in [5, 5.41) is 23.3. The smallest absolute Gasteiger partial charge is 0.225 e. The van der Waals surface area contributed by atoms with Gasteiger partial charge in [0, 0.05) is 6.42 Å². The van der Waals surface area contributed by atoms with Crippen LogP contribution in [0.2, 0.25) is 10.4 Å². The van der Waals surface area contributed by atoms with Crippen LogP contribution in [0.5, 0.6) is 0 Å². The van der Waals surface area contributed by atoms with Crippen molar-refractivity contribution in [1.82, 2.24) is 24.8 Å². The lowest BCUT2D eigenvalue weighted by Crippen LogP contribution is -2.42. The fourth-order valence-electron chi connectivity index (χ4n) is 2.84. The molecule has 1 aliphatic carbocycles. The lowest BCUT2D eigenvalue weighted by atomic mass is 10.2. The summed E-state index contributed by atoms with van der Waals surface area (Å²) in [5.74, 6) is -0.189. The van der Waals surface area contributed by atoms with Crippen LogP contribution in [0.15, 0.2) is 6.33 Å². The Hall–Kier alpha value is -1.48. The number of aliphatic hydroxyl groups excluding tert-OH is 2. The monoisotopic (exact) mass is 359 g/mol. The predicted molar refractivity (Wildman–Crippen MR) is 83.2 cm³/mol. The van der Waals surface area contributed by atoms with E-state index in [1.807, 2.05) is 0 Å². The first-order valence-corrected chi connectivity index (χ1v) is 7.89. The fraction of sp³-hybridized carbons (Fsp3) is 0.538. The summed E-state index contributed by atoms with van der Waals surface area (Å²) in [6.45, 7) is 1.72. The molecule has 8 nitrogen and oxygen atoms in total. The molecule has 3 N–H and O–H groups in total. The molecule has 0 radical (unpaired) electrons. The van der Waals surface area contributed by atoms with Gasteiger partial charge in [0.25, 0.3) is 0 Å². The van der Waals surface area contributed by atoms with Crippen molar-refractivity contribution in [3.05, 3.63) is 16.8 Å². The number of carbonyl (C=O) groups excluding carboxylic acids is 1. The Bertz CT molecular complexity index is 753. The molecule has 0 bridgehead atoms. The molecule has 2 aromatic rings. The number of hydrogen-bond acceptors (Lipinski definition) is 6. The number of imidazole rings is 1. The summed E-state index contributed by atoms with van der Waals surface area (Å²) in [4.78, 5) is 23.6. The molecule has 1 saturated carbocycles. The van der Waals surface area contributed by atoms with E-state index in [1.54, 1.807) is 11.5 Å². The van der Waals surface area contributed by atoms with Gasteiger partial charge in [0.1, 0.15) is 17.7 Å². The minimum absolute atomic E-state index is 0.0341. The van der Waals surface area contributed by atoms with Gasteiger partial charge in [-0.1, -0.05) is 18.5 Å². The molecular weight excluding hydrogens is 345 g/mol. The SMILES string of the molecule is CCC(=O)NC1C[C@@H](n2cnc3c(Cl)nc(Cl)nc32)[C@H](O)C1O. The molecule has 23 heavy (non-hydrogen) atoms. The third-order valence-electron chi connectivity index (χ3n) is 4.03. The second kappa shape index (κ2) is 6.20. The number of fused-ring (bicyclic) bond motifs is 1. The highest BCUT2D eigenvalue weighted by atomic mass is 35.5. The number of nitrogens with zero attached hydrogens (tertiary/aromatic N) is 4. The van der Waals surface area contributed by atoms with E-state index in [4.69, 9.17) is 23.2 Å². The highest BCUT2D eigenvalue weighted by molar-refractivity contribution is 6.35. The van der Waals surface area contributed by atoms with Gasteiger partial charge >= 0.3 is 0 Å². The summed E-state index contributed by atoms with van der Waals surface area (Å²) < 4.78 is 1.60. The third kappa shape index (κ3) is 2.87. The Kier molecular flexibility index (Phi) is 4.41. The Morgan fingerprint density at radius 3 is 2.83 bits per heavy atom. The maximum Gasteiger partial charge on any atom is 0.225 e. The lowest BCUT2D eigenvalue weighted by molar-refractivity contribution is -0.122. The number of carbonyl (C=O) groups is 1. The molecule has 2 unspecified atom stereocenters. The second-order valence-corrected chi connectivity index (χ2v) is 6.12. The van der Waals surface area contributed by atoms with Crippen molar-refractivity contribution >= 4 is 40.3 Å². The van der Waals surface area contributed by atoms with E-state index in [1.165, 1.54) is 6.33 Å². The summed E-state index contributed by atoms with van der Waals surface area (Å²) in [7, 11) is 0. The quantitative estimate of drug-likeness (QED) is 0.549. The number of aromatic nitrogens is 4. The van der Waals surface area contributed by atoms with Gasteiger partial charge in [0.15, 0.2) is 10.8 Å². The van der Waals surface area contributed by atoms with Crippen molar-refractivity contribution < 1.29 is 15.0 Å². The maximum atomic E-state index is 11.5. The zero-order valence-corrected chi connectivity index (χ0v) is 13.7. The van der Waals surface area contributed by atoms with Crippen LogP contribution < -0.4 is 5.32 Å². The highest BCUT2D eigenvalue weighted by Gasteiger charge is 2.43. The number of nitrogens with one attached hydrogen (secondary N) is 1. The van der Waals surface area contributed by atoms with Crippen molar-refractivity contribution in [2.75, 3.05) is 0 Å². The Balaban J connectivity index is 1.94. The minimum Gasteiger partial charge on any atom is -0.388 e. The minimum atomic E-state index is -1.08. The number of amides is 1. The fourth-order valence-corrected chi connectivity index (χ4v) is 3.26. The van der Waals surface area contributed by atoms with Gasteiger partial charge < -0.3 is 20.1 Å². The first-order valence-electron chi connectivity index (χ1n) is 7.13. The normalized spacial score (nSPS) is 27.5. The van der Waals surface area contributed by atoms with Gasteiger partial charge in [-0.3, -0.25) is 4.79 Å². The van der Waals surface area contributed by atoms with Crippen LogP contribution in [0.4, 0.5) is 0 Å². The molecule has 10 heteroatoms. The molecule has 1 amide bonds. The van der Waals surface area contributed by atoms with E-state index >= 15 is 0 Å². The van der Waals surface area contributed by atoms with E-state index in [0.29, 0.717) is 24.0 Å². The summed E-state index contributed by atoms with van der Waals surface area (Å²) >= 11 is 11.8. The number of halogens is 2. The van der Waals surface area contributed by atoms with Crippen molar-refractivity contribution in [1.29, 1.82) is 0 Å². The standard InChI is InChI=1S/C13H15Cl2N5O3/c1-2-7(21)17-5-3-6(10(23)9(5)22)20-4-16-8-11(14)18-13(15)19-12(8)20/h4-6,9-10,22-23H,2-3H2,1H3,(H,17,21)/t5?,6-,9?,10+/m1/s1. The van der Waals surface area contributed by atoms with Crippen molar-refractivity contribution in [3.8, 4) is 0 Å². The molecule has 2 aromatic heterocycles. The molecule has 124 valence electrons.